The summed E-state index contributed by atoms with van der Waals surface area (Å²) in [6.45, 7) is 3.69. The summed E-state index contributed by atoms with van der Waals surface area (Å²) in [5, 5.41) is 11.8. The third-order valence-corrected chi connectivity index (χ3v) is 6.17. The summed E-state index contributed by atoms with van der Waals surface area (Å²) in [7, 11) is 0. The number of allylic oxidation sites excluding steroid dienone is 3. The van der Waals surface area contributed by atoms with Crippen molar-refractivity contribution in [3.05, 3.63) is 63.2 Å². The van der Waals surface area contributed by atoms with Crippen LogP contribution in [0.3, 0.4) is 0 Å². The van der Waals surface area contributed by atoms with Crippen LogP contribution < -0.4 is 5.32 Å². The predicted octanol–water partition coefficient (Wildman–Crippen LogP) is 5.82. The van der Waals surface area contributed by atoms with E-state index in [0.29, 0.717) is 38.5 Å². The van der Waals surface area contributed by atoms with E-state index in [4.69, 9.17) is 37.1 Å². The number of dihydropyridines is 1. The molecule has 2 aliphatic rings. The van der Waals surface area contributed by atoms with Crippen LogP contribution in [0.25, 0.3) is 5.57 Å². The zero-order valence-corrected chi connectivity index (χ0v) is 18.1. The quantitative estimate of drug-likeness (QED) is 0.588. The molecular weight excluding hydrogens is 429 g/mol. The van der Waals surface area contributed by atoms with Gasteiger partial charge in [-0.05, 0) is 51.2 Å². The Kier molecular flexibility index (Phi) is 6.01. The molecule has 1 N–H and O–H groups in total. The van der Waals surface area contributed by atoms with E-state index in [1.807, 2.05) is 19.9 Å². The Balaban J connectivity index is 1.75. The molecular formula is C21H21Cl2N3O4. The van der Waals surface area contributed by atoms with Crippen molar-refractivity contribution in [1.82, 2.24) is 15.5 Å². The van der Waals surface area contributed by atoms with Gasteiger partial charge in [0.2, 0.25) is 12.3 Å². The number of carbonyl (C=O) groups excluding carboxylic acids is 1. The minimum absolute atomic E-state index is 0.115. The van der Waals surface area contributed by atoms with E-state index in [1.165, 1.54) is 6.39 Å². The molecule has 0 radical (unpaired) electrons. The molecule has 30 heavy (non-hydrogen) atoms. The molecule has 1 aromatic heterocycles. The Morgan fingerprint density at radius 3 is 2.67 bits per heavy atom. The van der Waals surface area contributed by atoms with Crippen LogP contribution >= 0.6 is 23.2 Å². The number of aromatic nitrogens is 2. The molecule has 1 aromatic carbocycles. The van der Waals surface area contributed by atoms with Gasteiger partial charge in [0.1, 0.15) is 11.9 Å². The van der Waals surface area contributed by atoms with E-state index in [9.17, 15) is 4.79 Å². The van der Waals surface area contributed by atoms with Crippen molar-refractivity contribution < 1.29 is 18.7 Å². The molecule has 0 bridgehead atoms. The molecule has 0 spiro atoms. The Morgan fingerprint density at radius 1 is 1.20 bits per heavy atom. The third-order valence-electron chi connectivity index (χ3n) is 5.34. The molecule has 0 saturated heterocycles. The van der Waals surface area contributed by atoms with E-state index in [0.717, 1.165) is 31.4 Å². The molecule has 1 unspecified atom stereocenters. The fourth-order valence-corrected chi connectivity index (χ4v) is 4.40. The Bertz CT molecular complexity index is 1010. The van der Waals surface area contributed by atoms with Crippen molar-refractivity contribution >= 4 is 34.9 Å². The highest BCUT2D eigenvalue weighted by Crippen LogP contribution is 2.46. The molecule has 158 valence electrons. The predicted molar refractivity (Wildman–Crippen MR) is 112 cm³/mol. The number of halogens is 2. The number of hydrogen-bond acceptors (Lipinski definition) is 7. The zero-order valence-electron chi connectivity index (χ0n) is 16.6. The van der Waals surface area contributed by atoms with E-state index < -0.39 is 12.1 Å². The van der Waals surface area contributed by atoms with E-state index in [2.05, 4.69) is 15.5 Å². The van der Waals surface area contributed by atoms with Gasteiger partial charge in [-0.1, -0.05) is 35.3 Å². The first-order valence-corrected chi connectivity index (χ1v) is 10.5. The van der Waals surface area contributed by atoms with Gasteiger partial charge >= 0.3 is 6.16 Å². The van der Waals surface area contributed by atoms with Crippen LogP contribution in [0.4, 0.5) is 4.79 Å². The number of nitrogens with one attached hydrogen (secondary N) is 1. The maximum atomic E-state index is 12.6. The summed E-state index contributed by atoms with van der Waals surface area (Å²) in [5.74, 6) is 0.0498. The number of hydrogen-bond donors (Lipinski definition) is 1. The van der Waals surface area contributed by atoms with Crippen LogP contribution in [0.2, 0.25) is 10.0 Å². The maximum Gasteiger partial charge on any atom is 0.513 e. The second kappa shape index (κ2) is 8.70. The number of carbonyl (C=O) groups is 1. The summed E-state index contributed by atoms with van der Waals surface area (Å²) in [6, 6.07) is 5.31. The van der Waals surface area contributed by atoms with Crippen molar-refractivity contribution in [2.75, 3.05) is 0 Å². The third kappa shape index (κ3) is 4.04. The first kappa shape index (κ1) is 20.8. The van der Waals surface area contributed by atoms with Gasteiger partial charge in [0.15, 0.2) is 0 Å². The maximum absolute atomic E-state index is 12.6. The second-order valence-electron chi connectivity index (χ2n) is 7.35. The van der Waals surface area contributed by atoms with Crippen molar-refractivity contribution in [2.45, 2.75) is 51.6 Å². The molecule has 2 aromatic rings. The highest BCUT2D eigenvalue weighted by molar-refractivity contribution is 6.42. The first-order valence-electron chi connectivity index (χ1n) is 9.73. The summed E-state index contributed by atoms with van der Waals surface area (Å²) in [6.07, 6.45) is 4.17. The molecule has 2 heterocycles. The van der Waals surface area contributed by atoms with Crippen molar-refractivity contribution in [3.8, 4) is 0 Å². The number of ether oxygens (including phenoxy) is 2. The standard InChI is InChI=1S/C21H21Cl2N3O4/c1-11-16(20-26-24-10-28-20)17(14-8-5-9-15(22)18(14)23)19(12(2)25-11)30-21(27)29-13-6-3-4-7-13/h5,8-10,13,17,25H,3-4,6-7H2,1-2H3. The highest BCUT2D eigenvalue weighted by atomic mass is 35.5. The summed E-state index contributed by atoms with van der Waals surface area (Å²) < 4.78 is 16.7. The lowest BCUT2D eigenvalue weighted by Gasteiger charge is -2.30. The number of benzene rings is 1. The first-order chi connectivity index (χ1) is 14.5. The molecule has 1 fully saturated rings. The minimum atomic E-state index is -0.745. The van der Waals surface area contributed by atoms with E-state index in [1.54, 1.807) is 12.1 Å². The summed E-state index contributed by atoms with van der Waals surface area (Å²) in [4.78, 5) is 12.6. The van der Waals surface area contributed by atoms with Crippen molar-refractivity contribution in [3.63, 3.8) is 0 Å². The summed E-state index contributed by atoms with van der Waals surface area (Å²) >= 11 is 12.8. The van der Waals surface area contributed by atoms with Crippen molar-refractivity contribution in [1.29, 1.82) is 0 Å². The molecule has 1 aliphatic heterocycles. The molecule has 9 heteroatoms. The molecule has 1 saturated carbocycles. The summed E-state index contributed by atoms with van der Waals surface area (Å²) in [5.41, 5.74) is 2.72. The zero-order chi connectivity index (χ0) is 21.3. The van der Waals surface area contributed by atoms with Crippen molar-refractivity contribution in [2.24, 2.45) is 0 Å². The second-order valence-corrected chi connectivity index (χ2v) is 8.13. The average Bonchev–Trinajstić information content (AvgIpc) is 3.40. The van der Waals surface area contributed by atoms with Gasteiger partial charge < -0.3 is 19.2 Å². The molecule has 4 rings (SSSR count). The van der Waals surface area contributed by atoms with E-state index in [-0.39, 0.29) is 6.10 Å². The Labute approximate surface area is 184 Å². The van der Waals surface area contributed by atoms with Crippen LogP contribution in [0.15, 0.2) is 46.2 Å². The van der Waals surface area contributed by atoms with Gasteiger partial charge in [-0.3, -0.25) is 0 Å². The lowest BCUT2D eigenvalue weighted by molar-refractivity contribution is 0.0404. The fourth-order valence-electron chi connectivity index (χ4n) is 3.98. The SMILES string of the molecule is CC1=C(OC(=O)OC2CCCC2)C(c2cccc(Cl)c2Cl)C(c2nnco2)=C(C)N1. The van der Waals surface area contributed by atoms with Gasteiger partial charge in [0.05, 0.1) is 27.2 Å². The number of rotatable bonds is 4. The molecule has 1 atom stereocenters. The van der Waals surface area contributed by atoms with Crippen LogP contribution in [0, 0.1) is 0 Å². The van der Waals surface area contributed by atoms with Gasteiger partial charge in [0, 0.05) is 5.70 Å². The lowest BCUT2D eigenvalue weighted by Crippen LogP contribution is -2.27. The van der Waals surface area contributed by atoms with Gasteiger partial charge in [-0.25, -0.2) is 4.79 Å². The fraction of sp³-hybridized carbons (Fsp3) is 0.381. The normalized spacial score (nSPS) is 19.8. The van der Waals surface area contributed by atoms with E-state index >= 15 is 0 Å². The van der Waals surface area contributed by atoms with Crippen LogP contribution in [0.1, 0.15) is 56.9 Å². The Hall–Kier alpha value is -2.51. The van der Waals surface area contributed by atoms with Gasteiger partial charge in [-0.15, -0.1) is 10.2 Å². The lowest BCUT2D eigenvalue weighted by atomic mass is 9.85. The smallest absolute Gasteiger partial charge is 0.431 e. The van der Waals surface area contributed by atoms with Gasteiger partial charge in [-0.2, -0.15) is 0 Å². The Morgan fingerprint density at radius 2 is 1.97 bits per heavy atom. The average molecular weight is 450 g/mol. The highest BCUT2D eigenvalue weighted by Gasteiger charge is 2.37. The molecule has 1 aliphatic carbocycles. The minimum Gasteiger partial charge on any atom is -0.431 e. The number of nitrogens with zero attached hydrogens (tertiary/aromatic N) is 2. The topological polar surface area (TPSA) is 86.5 Å². The monoisotopic (exact) mass is 449 g/mol. The van der Waals surface area contributed by atoms with Crippen LogP contribution in [-0.2, 0) is 9.47 Å². The van der Waals surface area contributed by atoms with Gasteiger partial charge in [0.25, 0.3) is 0 Å². The van der Waals surface area contributed by atoms with Crippen LogP contribution in [0.5, 0.6) is 0 Å². The molecule has 7 nitrogen and oxygen atoms in total. The van der Waals surface area contributed by atoms with Crippen LogP contribution in [-0.4, -0.2) is 22.5 Å². The molecule has 0 amide bonds. The largest absolute Gasteiger partial charge is 0.513 e.